The van der Waals surface area contributed by atoms with Crippen LogP contribution in [-0.2, 0) is 11.2 Å². The van der Waals surface area contributed by atoms with Gasteiger partial charge in [-0.3, -0.25) is 4.79 Å². The average molecular weight is 266 g/mol. The molecule has 0 saturated carbocycles. The van der Waals surface area contributed by atoms with Crippen LogP contribution in [0.4, 0.5) is 4.39 Å². The van der Waals surface area contributed by atoms with Gasteiger partial charge >= 0.3 is 0 Å². The summed E-state index contributed by atoms with van der Waals surface area (Å²) in [6, 6.07) is 6.52. The molecule has 0 aromatic heterocycles. The fourth-order valence-electron chi connectivity index (χ4n) is 1.90. The first-order valence-corrected chi connectivity index (χ1v) is 6.72. The van der Waals surface area contributed by atoms with Crippen LogP contribution in [0.5, 0.6) is 0 Å². The lowest BCUT2D eigenvalue weighted by Gasteiger charge is -2.13. The van der Waals surface area contributed by atoms with E-state index in [4.69, 9.17) is 5.73 Å². The third-order valence-corrected chi connectivity index (χ3v) is 3.06. The minimum Gasteiger partial charge on any atom is -0.356 e. The Labute approximate surface area is 114 Å². The second-order valence-corrected chi connectivity index (χ2v) is 5.29. The van der Waals surface area contributed by atoms with Crippen molar-refractivity contribution in [1.82, 2.24) is 5.32 Å². The summed E-state index contributed by atoms with van der Waals surface area (Å²) in [5, 5.41) is 2.87. The van der Waals surface area contributed by atoms with Crippen LogP contribution in [0.15, 0.2) is 24.3 Å². The quantitative estimate of drug-likeness (QED) is 0.794. The summed E-state index contributed by atoms with van der Waals surface area (Å²) in [7, 11) is 0. The number of amides is 1. The average Bonchev–Trinajstić information content (AvgIpc) is 2.35. The highest BCUT2D eigenvalue weighted by molar-refractivity contribution is 5.76. The van der Waals surface area contributed by atoms with E-state index in [-0.39, 0.29) is 17.6 Å². The van der Waals surface area contributed by atoms with Crippen molar-refractivity contribution in [3.63, 3.8) is 0 Å². The molecular weight excluding hydrogens is 243 g/mol. The monoisotopic (exact) mass is 266 g/mol. The van der Waals surface area contributed by atoms with Gasteiger partial charge < -0.3 is 11.1 Å². The first-order valence-electron chi connectivity index (χ1n) is 6.72. The minimum absolute atomic E-state index is 0.0317. The normalized spacial score (nSPS) is 13.9. The van der Waals surface area contributed by atoms with E-state index in [0.29, 0.717) is 31.8 Å². The molecule has 0 aliphatic heterocycles. The molecule has 3 N–H and O–H groups in total. The molecule has 0 aliphatic rings. The SMILES string of the molecule is CC(CN)CNC(=O)CC(C)Cc1cccc(F)c1. The fraction of sp³-hybridized carbons (Fsp3) is 0.533. The summed E-state index contributed by atoms with van der Waals surface area (Å²) in [4.78, 5) is 11.7. The zero-order valence-corrected chi connectivity index (χ0v) is 11.7. The third-order valence-electron chi connectivity index (χ3n) is 3.06. The Morgan fingerprint density at radius 3 is 2.74 bits per heavy atom. The maximum Gasteiger partial charge on any atom is 0.220 e. The molecule has 0 saturated heterocycles. The van der Waals surface area contributed by atoms with E-state index in [0.717, 1.165) is 5.56 Å². The molecule has 0 bridgehead atoms. The molecule has 0 radical (unpaired) electrons. The van der Waals surface area contributed by atoms with E-state index in [1.165, 1.54) is 12.1 Å². The summed E-state index contributed by atoms with van der Waals surface area (Å²) in [5.41, 5.74) is 6.42. The summed E-state index contributed by atoms with van der Waals surface area (Å²) in [6.07, 6.45) is 1.16. The zero-order valence-electron chi connectivity index (χ0n) is 11.7. The molecule has 0 fully saturated rings. The fourth-order valence-corrected chi connectivity index (χ4v) is 1.90. The van der Waals surface area contributed by atoms with Gasteiger partial charge in [0.15, 0.2) is 0 Å². The van der Waals surface area contributed by atoms with Crippen LogP contribution >= 0.6 is 0 Å². The number of hydrogen-bond donors (Lipinski definition) is 2. The van der Waals surface area contributed by atoms with Gasteiger partial charge in [-0.25, -0.2) is 4.39 Å². The topological polar surface area (TPSA) is 55.1 Å². The Balaban J connectivity index is 2.34. The molecule has 19 heavy (non-hydrogen) atoms. The maximum absolute atomic E-state index is 13.0. The van der Waals surface area contributed by atoms with Gasteiger partial charge in [-0.2, -0.15) is 0 Å². The Hall–Kier alpha value is -1.42. The lowest BCUT2D eigenvalue weighted by molar-refractivity contribution is -0.122. The van der Waals surface area contributed by atoms with Crippen molar-refractivity contribution in [3.8, 4) is 0 Å². The van der Waals surface area contributed by atoms with E-state index >= 15 is 0 Å². The Kier molecular flexibility index (Phi) is 6.50. The molecule has 2 atom stereocenters. The minimum atomic E-state index is -0.231. The molecule has 1 amide bonds. The van der Waals surface area contributed by atoms with Crippen LogP contribution in [-0.4, -0.2) is 19.0 Å². The highest BCUT2D eigenvalue weighted by Gasteiger charge is 2.11. The number of nitrogens with one attached hydrogen (secondary N) is 1. The van der Waals surface area contributed by atoms with Crippen molar-refractivity contribution < 1.29 is 9.18 Å². The van der Waals surface area contributed by atoms with Crippen molar-refractivity contribution in [3.05, 3.63) is 35.6 Å². The van der Waals surface area contributed by atoms with E-state index in [1.54, 1.807) is 6.07 Å². The highest BCUT2D eigenvalue weighted by atomic mass is 19.1. The highest BCUT2D eigenvalue weighted by Crippen LogP contribution is 2.13. The van der Waals surface area contributed by atoms with E-state index in [1.807, 2.05) is 19.9 Å². The lowest BCUT2D eigenvalue weighted by Crippen LogP contribution is -2.32. The molecule has 3 nitrogen and oxygen atoms in total. The van der Waals surface area contributed by atoms with Gasteiger partial charge in [-0.15, -0.1) is 0 Å². The van der Waals surface area contributed by atoms with Gasteiger partial charge in [0, 0.05) is 13.0 Å². The standard InChI is InChI=1S/C15H23FN2O/c1-11(6-13-4-3-5-14(16)8-13)7-15(19)18-10-12(2)9-17/h3-5,8,11-12H,6-7,9-10,17H2,1-2H3,(H,18,19). The number of benzene rings is 1. The second-order valence-electron chi connectivity index (χ2n) is 5.29. The summed E-state index contributed by atoms with van der Waals surface area (Å²) < 4.78 is 13.0. The molecule has 106 valence electrons. The number of hydrogen-bond acceptors (Lipinski definition) is 2. The predicted octanol–water partition coefficient (Wildman–Crippen LogP) is 2.11. The molecule has 1 rings (SSSR count). The summed E-state index contributed by atoms with van der Waals surface area (Å²) in [6.45, 7) is 5.18. The van der Waals surface area contributed by atoms with Gasteiger partial charge in [-0.05, 0) is 42.5 Å². The molecule has 0 aliphatic carbocycles. The third kappa shape index (κ3) is 6.34. The van der Waals surface area contributed by atoms with E-state index in [9.17, 15) is 9.18 Å². The molecule has 2 unspecified atom stereocenters. The van der Waals surface area contributed by atoms with Crippen molar-refractivity contribution >= 4 is 5.91 Å². The van der Waals surface area contributed by atoms with Gasteiger partial charge in [0.2, 0.25) is 5.91 Å². The Morgan fingerprint density at radius 2 is 2.11 bits per heavy atom. The largest absolute Gasteiger partial charge is 0.356 e. The Bertz CT molecular complexity index is 409. The Morgan fingerprint density at radius 1 is 1.37 bits per heavy atom. The number of halogens is 1. The molecule has 1 aromatic rings. The number of rotatable bonds is 7. The van der Waals surface area contributed by atoms with Gasteiger partial charge in [0.1, 0.15) is 5.82 Å². The molecule has 0 heterocycles. The first kappa shape index (κ1) is 15.6. The number of carbonyl (C=O) groups excluding carboxylic acids is 1. The van der Waals surface area contributed by atoms with Crippen molar-refractivity contribution in [1.29, 1.82) is 0 Å². The van der Waals surface area contributed by atoms with Gasteiger partial charge in [0.05, 0.1) is 0 Å². The van der Waals surface area contributed by atoms with Crippen molar-refractivity contribution in [2.75, 3.05) is 13.1 Å². The summed E-state index contributed by atoms with van der Waals surface area (Å²) in [5.74, 6) is 0.285. The predicted molar refractivity (Wildman–Crippen MR) is 75.1 cm³/mol. The van der Waals surface area contributed by atoms with Crippen LogP contribution in [0.25, 0.3) is 0 Å². The van der Waals surface area contributed by atoms with Crippen LogP contribution in [0.2, 0.25) is 0 Å². The number of nitrogens with two attached hydrogens (primary N) is 1. The van der Waals surface area contributed by atoms with E-state index in [2.05, 4.69) is 5.32 Å². The second kappa shape index (κ2) is 7.89. The lowest BCUT2D eigenvalue weighted by atomic mass is 9.97. The molecule has 0 spiro atoms. The summed E-state index contributed by atoms with van der Waals surface area (Å²) >= 11 is 0. The van der Waals surface area contributed by atoms with E-state index < -0.39 is 0 Å². The van der Waals surface area contributed by atoms with Crippen LogP contribution in [0.1, 0.15) is 25.8 Å². The smallest absolute Gasteiger partial charge is 0.220 e. The molecule has 4 heteroatoms. The van der Waals surface area contributed by atoms with Crippen molar-refractivity contribution in [2.45, 2.75) is 26.7 Å². The van der Waals surface area contributed by atoms with Gasteiger partial charge in [0.25, 0.3) is 0 Å². The molecule has 1 aromatic carbocycles. The first-order chi connectivity index (χ1) is 9.01. The van der Waals surface area contributed by atoms with Gasteiger partial charge in [-0.1, -0.05) is 26.0 Å². The van der Waals surface area contributed by atoms with Crippen LogP contribution in [0, 0.1) is 17.7 Å². The van der Waals surface area contributed by atoms with Crippen LogP contribution < -0.4 is 11.1 Å². The zero-order chi connectivity index (χ0) is 14.3. The maximum atomic E-state index is 13.0. The van der Waals surface area contributed by atoms with Crippen molar-refractivity contribution in [2.24, 2.45) is 17.6 Å². The number of carbonyl (C=O) groups is 1. The molecular formula is C15H23FN2O. The van der Waals surface area contributed by atoms with Crippen LogP contribution in [0.3, 0.4) is 0 Å².